The van der Waals surface area contributed by atoms with Gasteiger partial charge >= 0.3 is 0 Å². The summed E-state index contributed by atoms with van der Waals surface area (Å²) in [5.74, 6) is 0. The van der Waals surface area contributed by atoms with Gasteiger partial charge in [0.05, 0.1) is 0 Å². The monoisotopic (exact) mass is 312 g/mol. The van der Waals surface area contributed by atoms with Crippen LogP contribution in [0.2, 0.25) is 0 Å². The van der Waals surface area contributed by atoms with Crippen molar-refractivity contribution < 1.29 is 0 Å². The second-order valence-corrected chi connectivity index (χ2v) is 5.72. The number of fused-ring (bicyclic) bond motifs is 3. The Balaban J connectivity index is 0.000000728. The van der Waals surface area contributed by atoms with Crippen LogP contribution in [-0.4, -0.2) is 0 Å². The van der Waals surface area contributed by atoms with Gasteiger partial charge in [0.1, 0.15) is 0 Å². The molecule has 0 unspecified atom stereocenters. The Morgan fingerprint density at radius 2 is 0.870 bits per heavy atom. The van der Waals surface area contributed by atoms with Gasteiger partial charge in [0, 0.05) is 5.41 Å². The summed E-state index contributed by atoms with van der Waals surface area (Å²) in [6.07, 6.45) is 0. The minimum Gasteiger partial charge on any atom is -0.0683 e. The molecule has 23 heavy (non-hydrogen) atoms. The molecule has 128 valence electrons. The van der Waals surface area contributed by atoms with Crippen LogP contribution in [0.25, 0.3) is 11.1 Å². The Bertz CT molecular complexity index is 550. The van der Waals surface area contributed by atoms with Crippen LogP contribution >= 0.6 is 0 Å². The largest absolute Gasteiger partial charge is 0.0683 e. The lowest BCUT2D eigenvalue weighted by atomic mass is 9.81. The zero-order chi connectivity index (χ0) is 18.2. The fraction of sp³-hybridized carbons (Fsp3) is 0.478. The molecule has 0 aromatic heterocycles. The molecule has 0 heteroatoms. The van der Waals surface area contributed by atoms with Crippen LogP contribution in [-0.2, 0) is 5.41 Å². The van der Waals surface area contributed by atoms with E-state index in [9.17, 15) is 0 Å². The first-order valence-electron chi connectivity index (χ1n) is 9.23. The van der Waals surface area contributed by atoms with Crippen LogP contribution in [0.5, 0.6) is 0 Å². The number of hydrogen-bond donors (Lipinski definition) is 0. The molecule has 0 saturated carbocycles. The third-order valence-electron chi connectivity index (χ3n) is 3.99. The average Bonchev–Trinajstić information content (AvgIpc) is 2.81. The Labute approximate surface area is 145 Å². The number of rotatable bonds is 0. The highest BCUT2D eigenvalue weighted by Crippen LogP contribution is 2.48. The van der Waals surface area contributed by atoms with Crippen LogP contribution in [0.4, 0.5) is 0 Å². The van der Waals surface area contributed by atoms with Gasteiger partial charge in [-0.15, -0.1) is 0 Å². The summed E-state index contributed by atoms with van der Waals surface area (Å²) in [5, 5.41) is 0. The van der Waals surface area contributed by atoms with E-state index in [4.69, 9.17) is 0 Å². The van der Waals surface area contributed by atoms with Gasteiger partial charge in [-0.25, -0.2) is 0 Å². The van der Waals surface area contributed by atoms with Gasteiger partial charge in [-0.2, -0.15) is 0 Å². The first-order valence-corrected chi connectivity index (χ1v) is 9.23. The minimum absolute atomic E-state index is 0.142. The smallest absolute Gasteiger partial charge is 0.0159 e. The number of aryl methyl sites for hydroxylation is 2. The van der Waals surface area contributed by atoms with E-state index in [0.717, 1.165) is 0 Å². The third-order valence-corrected chi connectivity index (χ3v) is 3.99. The molecule has 0 aliphatic heterocycles. The molecule has 0 atom stereocenters. The molecule has 0 amide bonds. The normalized spacial score (nSPS) is 12.3. The first kappa shape index (κ1) is 21.4. The summed E-state index contributed by atoms with van der Waals surface area (Å²) < 4.78 is 0. The highest BCUT2D eigenvalue weighted by atomic mass is 14.4. The van der Waals surface area contributed by atoms with Crippen molar-refractivity contribution in [3.05, 3.63) is 58.7 Å². The summed E-state index contributed by atoms with van der Waals surface area (Å²) >= 11 is 0. The molecule has 2 aromatic carbocycles. The Morgan fingerprint density at radius 1 is 0.565 bits per heavy atom. The summed E-state index contributed by atoms with van der Waals surface area (Å²) in [5.41, 5.74) is 8.60. The molecule has 2 aromatic rings. The van der Waals surface area contributed by atoms with Crippen molar-refractivity contribution in [2.24, 2.45) is 0 Å². The maximum Gasteiger partial charge on any atom is 0.0159 e. The Hall–Kier alpha value is -1.56. The zero-order valence-corrected chi connectivity index (χ0v) is 17.0. The second-order valence-electron chi connectivity index (χ2n) is 5.72. The number of benzene rings is 2. The SMILES string of the molecule is CC.CC.CC.Cc1ccc2c(c1)C(C)(C)c1cc(C)ccc1-2. The highest BCUT2D eigenvalue weighted by Gasteiger charge is 2.35. The maximum absolute atomic E-state index is 2.34. The van der Waals surface area contributed by atoms with Crippen LogP contribution in [0, 0.1) is 13.8 Å². The Kier molecular flexibility index (Phi) is 8.90. The van der Waals surface area contributed by atoms with E-state index in [1.165, 1.54) is 33.4 Å². The van der Waals surface area contributed by atoms with Gasteiger partial charge in [-0.3, -0.25) is 0 Å². The second kappa shape index (κ2) is 9.55. The molecule has 0 fully saturated rings. The van der Waals surface area contributed by atoms with E-state index < -0.39 is 0 Å². The number of hydrogen-bond acceptors (Lipinski definition) is 0. The lowest BCUT2D eigenvalue weighted by molar-refractivity contribution is 0.659. The van der Waals surface area contributed by atoms with Gasteiger partial charge in [0.25, 0.3) is 0 Å². The average molecular weight is 313 g/mol. The van der Waals surface area contributed by atoms with Gasteiger partial charge in [0.2, 0.25) is 0 Å². The first-order chi connectivity index (χ1) is 11.0. The van der Waals surface area contributed by atoms with Crippen molar-refractivity contribution in [1.29, 1.82) is 0 Å². The van der Waals surface area contributed by atoms with E-state index in [1.807, 2.05) is 41.5 Å². The zero-order valence-electron chi connectivity index (χ0n) is 17.0. The molecule has 0 radical (unpaired) electrons. The van der Waals surface area contributed by atoms with Crippen molar-refractivity contribution in [1.82, 2.24) is 0 Å². The molecule has 1 aliphatic carbocycles. The van der Waals surface area contributed by atoms with E-state index in [0.29, 0.717) is 0 Å². The van der Waals surface area contributed by atoms with E-state index in [-0.39, 0.29) is 5.41 Å². The van der Waals surface area contributed by atoms with Gasteiger partial charge in [-0.1, -0.05) is 103 Å². The molecule has 3 rings (SSSR count). The molecular weight excluding hydrogens is 276 g/mol. The maximum atomic E-state index is 2.34. The van der Waals surface area contributed by atoms with Gasteiger partial charge in [-0.05, 0) is 36.1 Å². The predicted octanol–water partition coefficient (Wildman–Crippen LogP) is 7.69. The summed E-state index contributed by atoms with van der Waals surface area (Å²) in [4.78, 5) is 0. The van der Waals surface area contributed by atoms with Crippen molar-refractivity contribution in [2.75, 3.05) is 0 Å². The van der Waals surface area contributed by atoms with Crippen molar-refractivity contribution >= 4 is 0 Å². The van der Waals surface area contributed by atoms with Crippen molar-refractivity contribution in [3.8, 4) is 11.1 Å². The third kappa shape index (κ3) is 4.25. The summed E-state index contributed by atoms with van der Waals surface area (Å²) in [7, 11) is 0. The molecule has 0 nitrogen and oxygen atoms in total. The molecule has 0 saturated heterocycles. The highest BCUT2D eigenvalue weighted by molar-refractivity contribution is 5.81. The van der Waals surface area contributed by atoms with Crippen LogP contribution in [0.3, 0.4) is 0 Å². The van der Waals surface area contributed by atoms with Crippen molar-refractivity contribution in [2.45, 2.75) is 74.7 Å². The topological polar surface area (TPSA) is 0 Å². The molecule has 0 heterocycles. The summed E-state index contributed by atoms with van der Waals surface area (Å²) in [6.45, 7) is 21.0. The van der Waals surface area contributed by atoms with E-state index in [1.54, 1.807) is 0 Å². The molecule has 0 bridgehead atoms. The molecule has 1 aliphatic rings. The van der Waals surface area contributed by atoms with Crippen LogP contribution in [0.1, 0.15) is 77.6 Å². The van der Waals surface area contributed by atoms with E-state index in [2.05, 4.69) is 64.1 Å². The fourth-order valence-electron chi connectivity index (χ4n) is 2.97. The molecule has 0 spiro atoms. The molecular formula is C23H36. The quantitative estimate of drug-likeness (QED) is 0.467. The predicted molar refractivity (Wildman–Crippen MR) is 108 cm³/mol. The van der Waals surface area contributed by atoms with Gasteiger partial charge in [0.15, 0.2) is 0 Å². The molecule has 0 N–H and O–H groups in total. The summed E-state index contributed by atoms with van der Waals surface area (Å²) in [6, 6.07) is 13.6. The van der Waals surface area contributed by atoms with Crippen LogP contribution in [0.15, 0.2) is 36.4 Å². The standard InChI is InChI=1S/C17H18.3C2H6/c1-11-5-7-13-14-8-6-12(2)10-16(14)17(3,4)15(13)9-11;3*1-2/h5-10H,1-4H3;3*1-2H3. The minimum atomic E-state index is 0.142. The lowest BCUT2D eigenvalue weighted by Crippen LogP contribution is -2.15. The van der Waals surface area contributed by atoms with Crippen LogP contribution < -0.4 is 0 Å². The fourth-order valence-corrected chi connectivity index (χ4v) is 2.97. The lowest BCUT2D eigenvalue weighted by Gasteiger charge is -2.22. The Morgan fingerprint density at radius 3 is 1.17 bits per heavy atom. The van der Waals surface area contributed by atoms with Crippen molar-refractivity contribution in [3.63, 3.8) is 0 Å². The van der Waals surface area contributed by atoms with Gasteiger partial charge < -0.3 is 0 Å². The van der Waals surface area contributed by atoms with E-state index >= 15 is 0 Å².